The molecule has 0 spiro atoms. The number of benzene rings is 1. The fourth-order valence-electron chi connectivity index (χ4n) is 1.88. The van der Waals surface area contributed by atoms with Crippen molar-refractivity contribution in [3.05, 3.63) is 47.0 Å². The minimum Gasteiger partial charge on any atom is -0.396 e. The molecule has 1 heterocycles. The molecule has 0 amide bonds. The van der Waals surface area contributed by atoms with Crippen LogP contribution in [0.2, 0.25) is 0 Å². The van der Waals surface area contributed by atoms with Crippen LogP contribution in [0.3, 0.4) is 0 Å². The van der Waals surface area contributed by atoms with E-state index in [1.54, 1.807) is 0 Å². The molecule has 0 radical (unpaired) electrons. The average molecular weight is 235 g/mol. The van der Waals surface area contributed by atoms with Gasteiger partial charge in [0.25, 0.3) is 0 Å². The van der Waals surface area contributed by atoms with Gasteiger partial charge in [0.1, 0.15) is 0 Å². The van der Waals surface area contributed by atoms with Gasteiger partial charge in [-0.25, -0.2) is 0 Å². The molecule has 1 aliphatic rings. The quantitative estimate of drug-likeness (QED) is 0.868. The molecule has 1 atom stereocenters. The van der Waals surface area contributed by atoms with Crippen molar-refractivity contribution in [3.8, 4) is 0 Å². The minimum atomic E-state index is 0.227. The van der Waals surface area contributed by atoms with Crippen LogP contribution in [0.4, 0.5) is 0 Å². The molecule has 3 heteroatoms. The number of rotatable bonds is 4. The molecule has 16 heavy (non-hydrogen) atoms. The number of nitrogens with zero attached hydrogens (tertiary/aromatic N) is 1. The van der Waals surface area contributed by atoms with Gasteiger partial charge in [0.2, 0.25) is 0 Å². The molecule has 1 aliphatic heterocycles. The minimum absolute atomic E-state index is 0.227. The molecule has 2 rings (SSSR count). The maximum absolute atomic E-state index is 9.02. The summed E-state index contributed by atoms with van der Waals surface area (Å²) in [5.74, 6) is 0. The SMILES string of the molecule is CC1SC=C(CCO)N1Cc1ccccc1. The smallest absolute Gasteiger partial charge is 0.0764 e. The molecule has 1 aromatic rings. The van der Waals surface area contributed by atoms with E-state index in [-0.39, 0.29) is 6.61 Å². The normalized spacial score (nSPS) is 20.0. The van der Waals surface area contributed by atoms with Crippen molar-refractivity contribution >= 4 is 11.8 Å². The monoisotopic (exact) mass is 235 g/mol. The van der Waals surface area contributed by atoms with Gasteiger partial charge < -0.3 is 10.0 Å². The highest BCUT2D eigenvalue weighted by Gasteiger charge is 2.22. The lowest BCUT2D eigenvalue weighted by Gasteiger charge is -2.26. The fraction of sp³-hybridized carbons (Fsp3) is 0.385. The lowest BCUT2D eigenvalue weighted by Crippen LogP contribution is -2.26. The molecule has 1 aromatic carbocycles. The molecule has 1 N–H and O–H groups in total. The van der Waals surface area contributed by atoms with Crippen LogP contribution in [-0.4, -0.2) is 22.0 Å². The summed E-state index contributed by atoms with van der Waals surface area (Å²) in [6.45, 7) is 3.36. The molecule has 86 valence electrons. The van der Waals surface area contributed by atoms with E-state index < -0.39 is 0 Å². The van der Waals surface area contributed by atoms with Crippen LogP contribution in [0.5, 0.6) is 0 Å². The summed E-state index contributed by atoms with van der Waals surface area (Å²) in [5, 5.41) is 11.7. The number of hydrogen-bond donors (Lipinski definition) is 1. The number of thioether (sulfide) groups is 1. The summed E-state index contributed by atoms with van der Waals surface area (Å²) >= 11 is 1.83. The zero-order valence-electron chi connectivity index (χ0n) is 9.47. The molecule has 0 saturated heterocycles. The zero-order chi connectivity index (χ0) is 11.4. The first-order valence-corrected chi connectivity index (χ1v) is 6.51. The summed E-state index contributed by atoms with van der Waals surface area (Å²) in [4.78, 5) is 2.36. The van der Waals surface area contributed by atoms with Crippen molar-refractivity contribution in [2.75, 3.05) is 6.61 Å². The molecule has 0 fully saturated rings. The standard InChI is InChI=1S/C13H17NOS/c1-11-14(13(7-8-15)10-16-11)9-12-5-3-2-4-6-12/h2-6,10-11,15H,7-9H2,1H3. The largest absolute Gasteiger partial charge is 0.396 e. The molecule has 0 aromatic heterocycles. The first-order valence-electron chi connectivity index (χ1n) is 5.57. The highest BCUT2D eigenvalue weighted by Crippen LogP contribution is 2.33. The predicted octanol–water partition coefficient (Wildman–Crippen LogP) is 2.81. The van der Waals surface area contributed by atoms with Gasteiger partial charge in [-0.1, -0.05) is 30.3 Å². The third kappa shape index (κ3) is 2.60. The average Bonchev–Trinajstić information content (AvgIpc) is 2.64. The summed E-state index contributed by atoms with van der Waals surface area (Å²) < 4.78 is 0. The number of aliphatic hydroxyl groups is 1. The summed E-state index contributed by atoms with van der Waals surface area (Å²) in [5.41, 5.74) is 2.57. The van der Waals surface area contributed by atoms with E-state index >= 15 is 0 Å². The van der Waals surface area contributed by atoms with E-state index in [1.807, 2.05) is 17.8 Å². The Balaban J connectivity index is 2.05. The van der Waals surface area contributed by atoms with Crippen molar-refractivity contribution in [1.82, 2.24) is 4.90 Å². The zero-order valence-corrected chi connectivity index (χ0v) is 10.3. The van der Waals surface area contributed by atoms with Gasteiger partial charge in [0.05, 0.1) is 5.37 Å². The topological polar surface area (TPSA) is 23.5 Å². The van der Waals surface area contributed by atoms with Crippen molar-refractivity contribution in [1.29, 1.82) is 0 Å². The van der Waals surface area contributed by atoms with Gasteiger partial charge in [0, 0.05) is 25.3 Å². The highest BCUT2D eigenvalue weighted by molar-refractivity contribution is 8.02. The molecule has 1 unspecified atom stereocenters. The number of aliphatic hydroxyl groups excluding tert-OH is 1. The van der Waals surface area contributed by atoms with E-state index in [2.05, 4.69) is 41.5 Å². The maximum Gasteiger partial charge on any atom is 0.0764 e. The summed E-state index contributed by atoms with van der Waals surface area (Å²) in [7, 11) is 0. The van der Waals surface area contributed by atoms with Gasteiger partial charge in [0.15, 0.2) is 0 Å². The van der Waals surface area contributed by atoms with Gasteiger partial charge in [-0.05, 0) is 17.9 Å². The first-order chi connectivity index (χ1) is 7.81. The van der Waals surface area contributed by atoms with Crippen LogP contribution in [0.1, 0.15) is 18.9 Å². The van der Waals surface area contributed by atoms with Crippen molar-refractivity contribution < 1.29 is 5.11 Å². The summed E-state index contributed by atoms with van der Waals surface area (Å²) in [6.07, 6.45) is 0.754. The molecular formula is C13H17NOS. The van der Waals surface area contributed by atoms with Crippen LogP contribution < -0.4 is 0 Å². The Hall–Kier alpha value is -0.930. The van der Waals surface area contributed by atoms with Gasteiger partial charge in [-0.3, -0.25) is 0 Å². The first kappa shape index (κ1) is 11.6. The van der Waals surface area contributed by atoms with Crippen LogP contribution in [0, 0.1) is 0 Å². The third-order valence-electron chi connectivity index (χ3n) is 2.77. The lowest BCUT2D eigenvalue weighted by molar-refractivity contribution is 0.262. The second kappa shape index (κ2) is 5.41. The van der Waals surface area contributed by atoms with E-state index in [0.29, 0.717) is 5.37 Å². The number of hydrogen-bond acceptors (Lipinski definition) is 3. The Morgan fingerprint density at radius 2 is 2.06 bits per heavy atom. The Morgan fingerprint density at radius 1 is 1.31 bits per heavy atom. The van der Waals surface area contributed by atoms with E-state index in [9.17, 15) is 0 Å². The Morgan fingerprint density at radius 3 is 2.75 bits per heavy atom. The Bertz CT molecular complexity index is 363. The fourth-order valence-corrected chi connectivity index (χ4v) is 2.84. The highest BCUT2D eigenvalue weighted by atomic mass is 32.2. The maximum atomic E-state index is 9.02. The molecule has 2 nitrogen and oxygen atoms in total. The lowest BCUT2D eigenvalue weighted by atomic mass is 10.2. The van der Waals surface area contributed by atoms with Crippen LogP contribution in [0.25, 0.3) is 0 Å². The molecule has 0 bridgehead atoms. The molecule has 0 saturated carbocycles. The van der Waals surface area contributed by atoms with Crippen LogP contribution in [0.15, 0.2) is 41.4 Å². The third-order valence-corrected chi connectivity index (χ3v) is 3.83. The van der Waals surface area contributed by atoms with E-state index in [0.717, 1.165) is 13.0 Å². The van der Waals surface area contributed by atoms with E-state index in [1.165, 1.54) is 11.3 Å². The van der Waals surface area contributed by atoms with Crippen LogP contribution >= 0.6 is 11.8 Å². The molecule has 0 aliphatic carbocycles. The Labute approximate surface area is 101 Å². The second-order valence-corrected chi connectivity index (χ2v) is 5.12. The predicted molar refractivity (Wildman–Crippen MR) is 68.8 cm³/mol. The molecular weight excluding hydrogens is 218 g/mol. The van der Waals surface area contributed by atoms with Gasteiger partial charge in [-0.2, -0.15) is 0 Å². The van der Waals surface area contributed by atoms with Gasteiger partial charge >= 0.3 is 0 Å². The van der Waals surface area contributed by atoms with E-state index in [4.69, 9.17) is 5.11 Å². The van der Waals surface area contributed by atoms with Crippen molar-refractivity contribution in [2.24, 2.45) is 0 Å². The Kier molecular flexibility index (Phi) is 3.91. The second-order valence-electron chi connectivity index (χ2n) is 3.93. The van der Waals surface area contributed by atoms with Gasteiger partial charge in [-0.15, -0.1) is 11.8 Å². The summed E-state index contributed by atoms with van der Waals surface area (Å²) in [6, 6.07) is 10.5. The van der Waals surface area contributed by atoms with Crippen LogP contribution in [-0.2, 0) is 6.54 Å². The van der Waals surface area contributed by atoms with Crippen molar-refractivity contribution in [2.45, 2.75) is 25.3 Å². The van der Waals surface area contributed by atoms with Crippen molar-refractivity contribution in [3.63, 3.8) is 0 Å².